The van der Waals surface area contributed by atoms with E-state index in [1.807, 2.05) is 24.3 Å². The first-order valence-corrected chi connectivity index (χ1v) is 7.98. The zero-order valence-electron chi connectivity index (χ0n) is 12.6. The van der Waals surface area contributed by atoms with Crippen molar-refractivity contribution in [3.05, 3.63) is 41.4 Å². The Morgan fingerprint density at radius 1 is 1.26 bits per heavy atom. The number of benzene rings is 2. The molecular weight excluding hydrogens is 316 g/mol. The van der Waals surface area contributed by atoms with Crippen molar-refractivity contribution >= 4 is 28.3 Å². The molecule has 122 valence electrons. The van der Waals surface area contributed by atoms with Crippen LogP contribution in [0.4, 0.5) is 0 Å². The maximum absolute atomic E-state index is 11.9. The van der Waals surface area contributed by atoms with Crippen molar-refractivity contribution in [2.24, 2.45) is 5.92 Å². The first-order chi connectivity index (χ1) is 11.1. The third-order valence-electron chi connectivity index (χ3n) is 4.06. The molecule has 1 amide bonds. The number of rotatable bonds is 5. The number of halogens is 1. The minimum atomic E-state index is -0.406. The van der Waals surface area contributed by atoms with Gasteiger partial charge in [-0.3, -0.25) is 4.79 Å². The molecule has 5 nitrogen and oxygen atoms in total. The quantitative estimate of drug-likeness (QED) is 0.776. The van der Waals surface area contributed by atoms with Crippen LogP contribution in [0.2, 0.25) is 5.02 Å². The highest BCUT2D eigenvalue weighted by molar-refractivity contribution is 6.35. The van der Waals surface area contributed by atoms with Gasteiger partial charge in [-0.15, -0.1) is 0 Å². The maximum Gasteiger partial charge on any atom is 0.257 e. The van der Waals surface area contributed by atoms with E-state index in [-0.39, 0.29) is 18.4 Å². The topological polar surface area (TPSA) is 70.6 Å². The van der Waals surface area contributed by atoms with Crippen molar-refractivity contribution in [3.8, 4) is 5.75 Å². The molecule has 3 N–H and O–H groups in total. The number of fused-ring (bicyclic) bond motifs is 1. The van der Waals surface area contributed by atoms with E-state index in [0.717, 1.165) is 10.8 Å². The molecule has 0 spiro atoms. The molecule has 2 aromatic carbocycles. The third kappa shape index (κ3) is 3.75. The van der Waals surface area contributed by atoms with Gasteiger partial charge in [0.25, 0.3) is 5.91 Å². The lowest BCUT2D eigenvalue weighted by Gasteiger charge is -2.15. The number of hydrogen-bond acceptors (Lipinski definition) is 4. The summed E-state index contributed by atoms with van der Waals surface area (Å²) in [6, 6.07) is 11.2. The highest BCUT2D eigenvalue weighted by atomic mass is 35.5. The molecule has 0 saturated carbocycles. The summed E-state index contributed by atoms with van der Waals surface area (Å²) in [5.74, 6) is 0.473. The average Bonchev–Trinajstić information content (AvgIpc) is 2.98. The molecule has 6 heteroatoms. The van der Waals surface area contributed by atoms with Crippen LogP contribution in [0.3, 0.4) is 0 Å². The van der Waals surface area contributed by atoms with Crippen molar-refractivity contribution in [1.82, 2.24) is 10.6 Å². The molecule has 0 radical (unpaired) electrons. The summed E-state index contributed by atoms with van der Waals surface area (Å²) in [4.78, 5) is 11.9. The average molecular weight is 335 g/mol. The minimum absolute atomic E-state index is 0.0512. The highest BCUT2D eigenvalue weighted by Crippen LogP contribution is 2.31. The Hall–Kier alpha value is -1.82. The lowest BCUT2D eigenvalue weighted by atomic mass is 10.1. The van der Waals surface area contributed by atoms with Crippen molar-refractivity contribution in [2.45, 2.75) is 6.10 Å². The number of β-amino-alcohol motifs (C(OH)–C–C–N with tert-alkyl or cyclic N) is 1. The summed E-state index contributed by atoms with van der Waals surface area (Å²) in [7, 11) is 0. The standard InChI is InChI=1S/C17H19ClN2O3/c18-14-5-6-16(13-4-2-1-3-12(13)14)23-10-17(22)20-8-11-7-19-9-15(11)21/h1-6,11,15,19,21H,7-10H2,(H,20,22). The smallest absolute Gasteiger partial charge is 0.257 e. The first kappa shape index (κ1) is 16.1. The van der Waals surface area contributed by atoms with Crippen LogP contribution in [-0.2, 0) is 4.79 Å². The predicted molar refractivity (Wildman–Crippen MR) is 89.8 cm³/mol. The molecule has 2 aromatic rings. The minimum Gasteiger partial charge on any atom is -0.483 e. The van der Waals surface area contributed by atoms with Crippen LogP contribution < -0.4 is 15.4 Å². The number of ether oxygens (including phenoxy) is 1. The normalized spacial score (nSPS) is 20.6. The maximum atomic E-state index is 11.9. The molecule has 1 aliphatic heterocycles. The van der Waals surface area contributed by atoms with Gasteiger partial charge in [-0.25, -0.2) is 0 Å². The van der Waals surface area contributed by atoms with E-state index >= 15 is 0 Å². The number of hydrogen-bond donors (Lipinski definition) is 3. The first-order valence-electron chi connectivity index (χ1n) is 7.60. The number of amides is 1. The molecule has 23 heavy (non-hydrogen) atoms. The van der Waals surface area contributed by atoms with Crippen LogP contribution in [0, 0.1) is 5.92 Å². The predicted octanol–water partition coefficient (Wildman–Crippen LogP) is 1.57. The van der Waals surface area contributed by atoms with Gasteiger partial charge < -0.3 is 20.5 Å². The largest absolute Gasteiger partial charge is 0.483 e. The van der Waals surface area contributed by atoms with E-state index in [2.05, 4.69) is 10.6 Å². The summed E-state index contributed by atoms with van der Waals surface area (Å²) < 4.78 is 5.63. The fourth-order valence-electron chi connectivity index (χ4n) is 2.73. The van der Waals surface area contributed by atoms with E-state index in [1.54, 1.807) is 12.1 Å². The second-order valence-corrected chi connectivity index (χ2v) is 6.08. The van der Waals surface area contributed by atoms with Crippen molar-refractivity contribution < 1.29 is 14.6 Å². The van der Waals surface area contributed by atoms with Gasteiger partial charge in [0, 0.05) is 41.3 Å². The molecule has 0 bridgehead atoms. The van der Waals surface area contributed by atoms with Crippen molar-refractivity contribution in [2.75, 3.05) is 26.2 Å². The number of nitrogens with one attached hydrogen (secondary N) is 2. The van der Waals surface area contributed by atoms with Gasteiger partial charge in [0.15, 0.2) is 6.61 Å². The Kier molecular flexibility index (Phi) is 5.00. The van der Waals surface area contributed by atoms with E-state index in [9.17, 15) is 9.90 Å². The molecule has 2 atom stereocenters. The van der Waals surface area contributed by atoms with Crippen LogP contribution >= 0.6 is 11.6 Å². The Balaban J connectivity index is 1.58. The third-order valence-corrected chi connectivity index (χ3v) is 4.38. The number of aliphatic hydroxyl groups excluding tert-OH is 1. The fourth-order valence-corrected chi connectivity index (χ4v) is 2.96. The molecule has 1 saturated heterocycles. The number of carbonyl (C=O) groups is 1. The highest BCUT2D eigenvalue weighted by Gasteiger charge is 2.25. The Morgan fingerprint density at radius 2 is 2.04 bits per heavy atom. The summed E-state index contributed by atoms with van der Waals surface area (Å²) >= 11 is 6.16. The van der Waals surface area contributed by atoms with E-state index in [4.69, 9.17) is 16.3 Å². The molecule has 1 heterocycles. The van der Waals surface area contributed by atoms with Gasteiger partial charge in [0.1, 0.15) is 5.75 Å². The summed E-state index contributed by atoms with van der Waals surface area (Å²) in [5.41, 5.74) is 0. The van der Waals surface area contributed by atoms with Gasteiger partial charge in [0.05, 0.1) is 6.10 Å². The van der Waals surface area contributed by atoms with Crippen LogP contribution in [0.15, 0.2) is 36.4 Å². The number of aliphatic hydroxyl groups is 1. The van der Waals surface area contributed by atoms with Gasteiger partial charge in [0.2, 0.25) is 0 Å². The Morgan fingerprint density at radius 3 is 2.78 bits per heavy atom. The SMILES string of the molecule is O=C(COc1ccc(Cl)c2ccccc12)NCC1CNCC1O. The Labute approximate surface area is 139 Å². The second-order valence-electron chi connectivity index (χ2n) is 5.67. The molecule has 1 fully saturated rings. The van der Waals surface area contributed by atoms with Crippen LogP contribution in [0.1, 0.15) is 0 Å². The molecule has 3 rings (SSSR count). The molecule has 1 aliphatic rings. The lowest BCUT2D eigenvalue weighted by Crippen LogP contribution is -2.36. The van der Waals surface area contributed by atoms with E-state index in [1.165, 1.54) is 0 Å². The summed E-state index contributed by atoms with van der Waals surface area (Å²) in [6.45, 7) is 1.66. The van der Waals surface area contributed by atoms with Gasteiger partial charge in [-0.1, -0.05) is 35.9 Å². The molecule has 0 aromatic heterocycles. The van der Waals surface area contributed by atoms with Crippen molar-refractivity contribution in [3.63, 3.8) is 0 Å². The van der Waals surface area contributed by atoms with E-state index in [0.29, 0.717) is 30.4 Å². The van der Waals surface area contributed by atoms with Crippen LogP contribution in [0.25, 0.3) is 10.8 Å². The molecular formula is C17H19ClN2O3. The zero-order chi connectivity index (χ0) is 16.2. The summed E-state index contributed by atoms with van der Waals surface area (Å²) in [6.07, 6.45) is -0.406. The van der Waals surface area contributed by atoms with Gasteiger partial charge >= 0.3 is 0 Å². The second kappa shape index (κ2) is 7.17. The monoisotopic (exact) mass is 334 g/mol. The summed E-state index contributed by atoms with van der Waals surface area (Å²) in [5, 5.41) is 18.0. The van der Waals surface area contributed by atoms with Gasteiger partial charge in [-0.2, -0.15) is 0 Å². The van der Waals surface area contributed by atoms with Crippen molar-refractivity contribution in [1.29, 1.82) is 0 Å². The van der Waals surface area contributed by atoms with Gasteiger partial charge in [-0.05, 0) is 12.1 Å². The Bertz CT molecular complexity index is 707. The van der Waals surface area contributed by atoms with E-state index < -0.39 is 6.10 Å². The zero-order valence-corrected chi connectivity index (χ0v) is 13.3. The lowest BCUT2D eigenvalue weighted by molar-refractivity contribution is -0.123. The molecule has 2 unspecified atom stereocenters. The van der Waals surface area contributed by atoms with Crippen LogP contribution in [0.5, 0.6) is 5.75 Å². The molecule has 0 aliphatic carbocycles. The number of carbonyl (C=O) groups excluding carboxylic acids is 1. The van der Waals surface area contributed by atoms with Crippen LogP contribution in [-0.4, -0.2) is 43.4 Å². The fraction of sp³-hybridized carbons (Fsp3) is 0.353.